The molecular formula is C16H18BrNOS. The van der Waals surface area contributed by atoms with Crippen LogP contribution >= 0.6 is 27.3 Å². The molecule has 2 nitrogen and oxygen atoms in total. The van der Waals surface area contributed by atoms with Gasteiger partial charge in [0, 0.05) is 45.2 Å². The SMILES string of the molecule is OCC1CC2(CCN2Cc2ccc3c(Br)csc3c2)C1. The Balaban J connectivity index is 1.51. The second-order valence-corrected chi connectivity index (χ2v) is 8.03. The van der Waals surface area contributed by atoms with E-state index in [4.69, 9.17) is 0 Å². The van der Waals surface area contributed by atoms with Crippen LogP contribution in [-0.2, 0) is 6.54 Å². The van der Waals surface area contributed by atoms with Crippen LogP contribution in [0.15, 0.2) is 28.1 Å². The molecule has 1 saturated carbocycles. The lowest BCUT2D eigenvalue weighted by molar-refractivity contribution is -0.120. The number of aliphatic hydroxyl groups excluding tert-OH is 1. The van der Waals surface area contributed by atoms with Crippen LogP contribution in [-0.4, -0.2) is 28.7 Å². The topological polar surface area (TPSA) is 23.5 Å². The Kier molecular flexibility index (Phi) is 3.18. The van der Waals surface area contributed by atoms with E-state index in [-0.39, 0.29) is 0 Å². The maximum Gasteiger partial charge on any atom is 0.0460 e. The van der Waals surface area contributed by atoms with E-state index in [1.807, 2.05) is 0 Å². The van der Waals surface area contributed by atoms with Crippen LogP contribution in [0.25, 0.3) is 10.1 Å². The van der Waals surface area contributed by atoms with Gasteiger partial charge < -0.3 is 5.11 Å². The van der Waals surface area contributed by atoms with Gasteiger partial charge in [0.15, 0.2) is 0 Å². The molecule has 1 aliphatic heterocycles. The van der Waals surface area contributed by atoms with E-state index >= 15 is 0 Å². The highest BCUT2D eigenvalue weighted by molar-refractivity contribution is 9.10. The second kappa shape index (κ2) is 4.80. The minimum absolute atomic E-state index is 0.366. The molecule has 0 amide bonds. The van der Waals surface area contributed by atoms with Crippen molar-refractivity contribution in [2.24, 2.45) is 5.92 Å². The molecule has 0 atom stereocenters. The fourth-order valence-electron chi connectivity index (χ4n) is 3.80. The molecule has 0 unspecified atom stereocenters. The van der Waals surface area contributed by atoms with E-state index in [2.05, 4.69) is 44.4 Å². The van der Waals surface area contributed by atoms with Gasteiger partial charge in [-0.1, -0.05) is 12.1 Å². The number of benzene rings is 1. The Morgan fingerprint density at radius 1 is 1.40 bits per heavy atom. The number of halogens is 1. The Hall–Kier alpha value is -0.420. The average Bonchev–Trinajstić information content (AvgIpc) is 2.75. The Bertz CT molecular complexity index is 647. The molecule has 1 spiro atoms. The maximum absolute atomic E-state index is 9.21. The first kappa shape index (κ1) is 13.3. The largest absolute Gasteiger partial charge is 0.396 e. The van der Waals surface area contributed by atoms with Crippen molar-refractivity contribution in [3.63, 3.8) is 0 Å². The average molecular weight is 352 g/mol. The molecule has 106 valence electrons. The fourth-order valence-corrected chi connectivity index (χ4v) is 5.44. The minimum Gasteiger partial charge on any atom is -0.396 e. The van der Waals surface area contributed by atoms with Crippen LogP contribution < -0.4 is 0 Å². The van der Waals surface area contributed by atoms with Crippen LogP contribution in [0.4, 0.5) is 0 Å². The molecule has 20 heavy (non-hydrogen) atoms. The summed E-state index contributed by atoms with van der Waals surface area (Å²) in [5.74, 6) is 0.550. The van der Waals surface area contributed by atoms with Crippen molar-refractivity contribution >= 4 is 37.4 Å². The Morgan fingerprint density at radius 3 is 2.95 bits per heavy atom. The number of fused-ring (bicyclic) bond motifs is 1. The van der Waals surface area contributed by atoms with Crippen LogP contribution in [0.5, 0.6) is 0 Å². The third kappa shape index (κ3) is 1.97. The van der Waals surface area contributed by atoms with Gasteiger partial charge in [-0.15, -0.1) is 11.3 Å². The van der Waals surface area contributed by atoms with Crippen molar-refractivity contribution in [2.45, 2.75) is 31.3 Å². The summed E-state index contributed by atoms with van der Waals surface area (Å²) in [5, 5.41) is 12.7. The van der Waals surface area contributed by atoms with Gasteiger partial charge in [0.05, 0.1) is 0 Å². The number of hydrogen-bond acceptors (Lipinski definition) is 3. The van der Waals surface area contributed by atoms with E-state index in [9.17, 15) is 5.11 Å². The van der Waals surface area contributed by atoms with Gasteiger partial charge in [0.1, 0.15) is 0 Å². The quantitative estimate of drug-likeness (QED) is 0.902. The number of likely N-dealkylation sites (tertiary alicyclic amines) is 1. The first-order chi connectivity index (χ1) is 9.70. The van der Waals surface area contributed by atoms with Crippen molar-refractivity contribution < 1.29 is 5.11 Å². The molecule has 1 aromatic carbocycles. The first-order valence-electron chi connectivity index (χ1n) is 7.22. The third-order valence-corrected chi connectivity index (χ3v) is 6.98. The summed E-state index contributed by atoms with van der Waals surface area (Å²) in [6.45, 7) is 2.64. The molecular weight excluding hydrogens is 334 g/mol. The van der Waals surface area contributed by atoms with E-state index < -0.39 is 0 Å². The molecule has 0 radical (unpaired) electrons. The summed E-state index contributed by atoms with van der Waals surface area (Å²) in [6, 6.07) is 6.82. The van der Waals surface area contributed by atoms with Gasteiger partial charge >= 0.3 is 0 Å². The monoisotopic (exact) mass is 351 g/mol. The number of rotatable bonds is 3. The highest BCUT2D eigenvalue weighted by Gasteiger charge is 2.53. The van der Waals surface area contributed by atoms with Crippen molar-refractivity contribution in [1.29, 1.82) is 0 Å². The molecule has 4 heteroatoms. The predicted octanol–water partition coefficient (Wildman–Crippen LogP) is 4.01. The van der Waals surface area contributed by atoms with E-state index in [0.29, 0.717) is 18.1 Å². The molecule has 2 aliphatic rings. The number of nitrogens with zero attached hydrogens (tertiary/aromatic N) is 1. The lowest BCUT2D eigenvalue weighted by Gasteiger charge is -2.61. The third-order valence-electron chi connectivity index (χ3n) is 5.08. The molecule has 1 aliphatic carbocycles. The van der Waals surface area contributed by atoms with Gasteiger partial charge in [-0.2, -0.15) is 0 Å². The summed E-state index contributed by atoms with van der Waals surface area (Å²) < 4.78 is 2.57. The number of aliphatic hydroxyl groups is 1. The molecule has 1 aromatic heterocycles. The van der Waals surface area contributed by atoms with Crippen molar-refractivity contribution in [3.8, 4) is 0 Å². The van der Waals surface area contributed by atoms with Crippen LogP contribution in [0.3, 0.4) is 0 Å². The lowest BCUT2D eigenvalue weighted by Crippen LogP contribution is -2.66. The fraction of sp³-hybridized carbons (Fsp3) is 0.500. The summed E-state index contributed by atoms with van der Waals surface area (Å²) >= 11 is 5.40. The Labute approximate surface area is 131 Å². The molecule has 1 N–H and O–H groups in total. The number of hydrogen-bond donors (Lipinski definition) is 1. The van der Waals surface area contributed by atoms with E-state index in [0.717, 1.165) is 6.54 Å². The van der Waals surface area contributed by atoms with E-state index in [1.165, 1.54) is 45.9 Å². The predicted molar refractivity (Wildman–Crippen MR) is 87.1 cm³/mol. The molecule has 2 heterocycles. The smallest absolute Gasteiger partial charge is 0.0460 e. The van der Waals surface area contributed by atoms with Gasteiger partial charge in [-0.25, -0.2) is 0 Å². The summed E-state index contributed by atoms with van der Waals surface area (Å²) in [7, 11) is 0. The van der Waals surface area contributed by atoms with Crippen LogP contribution in [0.2, 0.25) is 0 Å². The Morgan fingerprint density at radius 2 is 2.25 bits per heavy atom. The summed E-state index contributed by atoms with van der Waals surface area (Å²) in [6.07, 6.45) is 3.70. The van der Waals surface area contributed by atoms with Crippen molar-refractivity contribution in [3.05, 3.63) is 33.6 Å². The molecule has 2 fully saturated rings. The van der Waals surface area contributed by atoms with Crippen LogP contribution in [0, 0.1) is 5.92 Å². The summed E-state index contributed by atoms with van der Waals surface area (Å²) in [4.78, 5) is 2.61. The zero-order valence-electron chi connectivity index (χ0n) is 11.3. The standard InChI is InChI=1S/C16H18BrNOS/c17-14-10-20-15-5-11(1-2-13(14)15)8-18-4-3-16(18)6-12(7-16)9-19/h1-2,5,10,12,19H,3-4,6-9H2. The van der Waals surface area contributed by atoms with Gasteiger partial charge in [-0.3, -0.25) is 4.90 Å². The van der Waals surface area contributed by atoms with Crippen molar-refractivity contribution in [2.75, 3.05) is 13.2 Å². The van der Waals surface area contributed by atoms with Gasteiger partial charge in [0.2, 0.25) is 0 Å². The molecule has 2 aromatic rings. The molecule has 1 saturated heterocycles. The lowest BCUT2D eigenvalue weighted by atomic mass is 9.61. The highest BCUT2D eigenvalue weighted by Crippen LogP contribution is 2.51. The summed E-state index contributed by atoms with van der Waals surface area (Å²) in [5.41, 5.74) is 1.84. The first-order valence-corrected chi connectivity index (χ1v) is 8.89. The maximum atomic E-state index is 9.21. The van der Waals surface area contributed by atoms with Gasteiger partial charge in [0.25, 0.3) is 0 Å². The van der Waals surface area contributed by atoms with Crippen LogP contribution in [0.1, 0.15) is 24.8 Å². The number of thiophene rings is 1. The zero-order valence-corrected chi connectivity index (χ0v) is 13.7. The normalized spacial score (nSPS) is 29.6. The van der Waals surface area contributed by atoms with Crippen molar-refractivity contribution in [1.82, 2.24) is 4.90 Å². The minimum atomic E-state index is 0.366. The highest BCUT2D eigenvalue weighted by atomic mass is 79.9. The van der Waals surface area contributed by atoms with E-state index in [1.54, 1.807) is 11.3 Å². The molecule has 4 rings (SSSR count). The zero-order chi connectivity index (χ0) is 13.7. The second-order valence-electron chi connectivity index (χ2n) is 6.27. The van der Waals surface area contributed by atoms with Gasteiger partial charge in [-0.05, 0) is 52.7 Å². The molecule has 0 bridgehead atoms.